The lowest BCUT2D eigenvalue weighted by molar-refractivity contribution is -0.121. The molecular formula is C14H18BrN3O2. The molecule has 1 fully saturated rings. The Balaban J connectivity index is 1.60. The van der Waals surface area contributed by atoms with Gasteiger partial charge in [0.2, 0.25) is 11.8 Å². The van der Waals surface area contributed by atoms with E-state index in [1.807, 2.05) is 24.3 Å². The predicted molar refractivity (Wildman–Crippen MR) is 81.4 cm³/mol. The number of hydrogen-bond acceptors (Lipinski definition) is 3. The summed E-state index contributed by atoms with van der Waals surface area (Å²) in [6.45, 7) is 0.694. The molecule has 3 N–H and O–H groups in total. The minimum absolute atomic E-state index is 0.0474. The van der Waals surface area contributed by atoms with Crippen LogP contribution in [0, 0.1) is 0 Å². The first-order valence-corrected chi connectivity index (χ1v) is 7.49. The molecule has 0 spiro atoms. The highest BCUT2D eigenvalue weighted by atomic mass is 79.9. The van der Waals surface area contributed by atoms with Gasteiger partial charge in [0.05, 0.1) is 12.2 Å². The number of carbonyl (C=O) groups is 2. The second kappa shape index (κ2) is 7.40. The van der Waals surface area contributed by atoms with Gasteiger partial charge in [0, 0.05) is 23.5 Å². The van der Waals surface area contributed by atoms with Crippen LogP contribution in [-0.4, -0.2) is 30.9 Å². The molecule has 0 aromatic heterocycles. The Bertz CT molecular complexity index is 489. The first-order valence-electron chi connectivity index (χ1n) is 6.69. The maximum Gasteiger partial charge on any atom is 0.238 e. The quantitative estimate of drug-likeness (QED) is 0.661. The monoisotopic (exact) mass is 339 g/mol. The molecule has 0 bridgehead atoms. The molecule has 108 valence electrons. The molecule has 2 rings (SSSR count). The van der Waals surface area contributed by atoms with Crippen molar-refractivity contribution in [2.45, 2.75) is 25.3 Å². The second-order valence-electron chi connectivity index (χ2n) is 4.80. The van der Waals surface area contributed by atoms with Crippen molar-refractivity contribution in [2.75, 3.05) is 18.4 Å². The van der Waals surface area contributed by atoms with Crippen molar-refractivity contribution >= 4 is 33.4 Å². The van der Waals surface area contributed by atoms with Crippen LogP contribution < -0.4 is 16.0 Å². The van der Waals surface area contributed by atoms with E-state index in [1.165, 1.54) is 0 Å². The first-order chi connectivity index (χ1) is 9.65. The van der Waals surface area contributed by atoms with Crippen LogP contribution in [0.4, 0.5) is 5.69 Å². The van der Waals surface area contributed by atoms with Crippen molar-refractivity contribution in [3.63, 3.8) is 0 Å². The van der Waals surface area contributed by atoms with Gasteiger partial charge in [-0.15, -0.1) is 0 Å². The number of para-hydroxylation sites is 1. The van der Waals surface area contributed by atoms with E-state index in [0.717, 1.165) is 23.0 Å². The third-order valence-electron chi connectivity index (χ3n) is 2.90. The summed E-state index contributed by atoms with van der Waals surface area (Å²) in [5, 5.41) is 8.66. The van der Waals surface area contributed by atoms with Crippen LogP contribution in [0.25, 0.3) is 0 Å². The molecule has 1 aromatic rings. The van der Waals surface area contributed by atoms with E-state index in [0.29, 0.717) is 19.0 Å². The average molecular weight is 340 g/mol. The minimum atomic E-state index is -0.125. The van der Waals surface area contributed by atoms with Crippen LogP contribution in [0.2, 0.25) is 0 Å². The molecule has 20 heavy (non-hydrogen) atoms. The van der Waals surface area contributed by atoms with E-state index in [4.69, 9.17) is 0 Å². The normalized spacial score (nSPS) is 13.8. The summed E-state index contributed by atoms with van der Waals surface area (Å²) >= 11 is 3.37. The SMILES string of the molecule is O=C(CNCCC(=O)NC1CC1)Nc1ccccc1Br. The number of benzene rings is 1. The van der Waals surface area contributed by atoms with Crippen molar-refractivity contribution in [3.8, 4) is 0 Å². The molecule has 1 aliphatic rings. The summed E-state index contributed by atoms with van der Waals surface area (Å²) in [6, 6.07) is 7.82. The van der Waals surface area contributed by atoms with Crippen LogP contribution in [0.15, 0.2) is 28.7 Å². The molecule has 1 aromatic carbocycles. The fourth-order valence-corrected chi connectivity index (χ4v) is 2.07. The average Bonchev–Trinajstić information content (AvgIpc) is 3.21. The zero-order valence-corrected chi connectivity index (χ0v) is 12.7. The van der Waals surface area contributed by atoms with E-state index < -0.39 is 0 Å². The molecular weight excluding hydrogens is 322 g/mol. The Labute approximate surface area is 126 Å². The van der Waals surface area contributed by atoms with Crippen molar-refractivity contribution in [3.05, 3.63) is 28.7 Å². The molecule has 1 aliphatic carbocycles. The van der Waals surface area contributed by atoms with Gasteiger partial charge < -0.3 is 16.0 Å². The van der Waals surface area contributed by atoms with E-state index in [-0.39, 0.29) is 18.4 Å². The van der Waals surface area contributed by atoms with Crippen molar-refractivity contribution in [1.29, 1.82) is 0 Å². The molecule has 0 saturated heterocycles. The van der Waals surface area contributed by atoms with Gasteiger partial charge in [-0.1, -0.05) is 12.1 Å². The smallest absolute Gasteiger partial charge is 0.238 e. The summed E-state index contributed by atoms with van der Waals surface area (Å²) in [5.41, 5.74) is 0.741. The van der Waals surface area contributed by atoms with Gasteiger partial charge in [-0.05, 0) is 40.9 Å². The lowest BCUT2D eigenvalue weighted by Crippen LogP contribution is -2.33. The molecule has 1 saturated carbocycles. The van der Waals surface area contributed by atoms with E-state index in [9.17, 15) is 9.59 Å². The number of halogens is 1. The van der Waals surface area contributed by atoms with Gasteiger partial charge in [-0.3, -0.25) is 9.59 Å². The molecule has 5 nitrogen and oxygen atoms in total. The van der Waals surface area contributed by atoms with Gasteiger partial charge in [0.25, 0.3) is 0 Å². The standard InChI is InChI=1S/C14H18BrN3O2/c15-11-3-1-2-4-12(11)18-14(20)9-16-8-7-13(19)17-10-5-6-10/h1-4,10,16H,5-9H2,(H,17,19)(H,18,20). The summed E-state index contributed by atoms with van der Waals surface area (Å²) < 4.78 is 0.845. The topological polar surface area (TPSA) is 70.2 Å². The predicted octanol–water partition coefficient (Wildman–Crippen LogP) is 1.65. The van der Waals surface area contributed by atoms with Crippen molar-refractivity contribution < 1.29 is 9.59 Å². The van der Waals surface area contributed by atoms with Crippen LogP contribution in [0.5, 0.6) is 0 Å². The van der Waals surface area contributed by atoms with Crippen LogP contribution >= 0.6 is 15.9 Å². The Morgan fingerprint density at radius 3 is 2.65 bits per heavy atom. The zero-order chi connectivity index (χ0) is 14.4. The van der Waals surface area contributed by atoms with Gasteiger partial charge in [0.15, 0.2) is 0 Å². The molecule has 0 heterocycles. The van der Waals surface area contributed by atoms with Crippen LogP contribution in [0.1, 0.15) is 19.3 Å². The maximum absolute atomic E-state index is 11.7. The number of carbonyl (C=O) groups excluding carboxylic acids is 2. The third kappa shape index (κ3) is 5.30. The van der Waals surface area contributed by atoms with E-state index in [1.54, 1.807) is 0 Å². The van der Waals surface area contributed by atoms with Crippen LogP contribution in [-0.2, 0) is 9.59 Å². The van der Waals surface area contributed by atoms with Gasteiger partial charge >= 0.3 is 0 Å². The Morgan fingerprint density at radius 2 is 1.95 bits per heavy atom. The number of amides is 2. The largest absolute Gasteiger partial charge is 0.353 e. The molecule has 0 unspecified atom stereocenters. The lowest BCUT2D eigenvalue weighted by atomic mass is 10.3. The van der Waals surface area contributed by atoms with Gasteiger partial charge in [-0.2, -0.15) is 0 Å². The van der Waals surface area contributed by atoms with Crippen LogP contribution in [0.3, 0.4) is 0 Å². The van der Waals surface area contributed by atoms with E-state index >= 15 is 0 Å². The zero-order valence-electron chi connectivity index (χ0n) is 11.1. The minimum Gasteiger partial charge on any atom is -0.353 e. The molecule has 6 heteroatoms. The highest BCUT2D eigenvalue weighted by Crippen LogP contribution is 2.20. The Morgan fingerprint density at radius 1 is 1.20 bits per heavy atom. The summed E-state index contributed by atoms with van der Waals surface area (Å²) in [4.78, 5) is 23.1. The van der Waals surface area contributed by atoms with Gasteiger partial charge in [-0.25, -0.2) is 0 Å². The fourth-order valence-electron chi connectivity index (χ4n) is 1.69. The summed E-state index contributed by atoms with van der Waals surface area (Å²) in [6.07, 6.45) is 2.58. The number of nitrogens with one attached hydrogen (secondary N) is 3. The third-order valence-corrected chi connectivity index (χ3v) is 3.60. The molecule has 0 aliphatic heterocycles. The molecule has 0 radical (unpaired) electrons. The summed E-state index contributed by atoms with van der Waals surface area (Å²) in [5.74, 6) is -0.0780. The Hall–Kier alpha value is -1.40. The van der Waals surface area contributed by atoms with E-state index in [2.05, 4.69) is 31.9 Å². The first kappa shape index (κ1) is 15.0. The Kier molecular flexibility index (Phi) is 5.55. The lowest BCUT2D eigenvalue weighted by Gasteiger charge is -2.08. The maximum atomic E-state index is 11.7. The van der Waals surface area contributed by atoms with Gasteiger partial charge in [0.1, 0.15) is 0 Å². The highest BCUT2D eigenvalue weighted by Gasteiger charge is 2.22. The highest BCUT2D eigenvalue weighted by molar-refractivity contribution is 9.10. The molecule has 0 atom stereocenters. The molecule has 2 amide bonds. The van der Waals surface area contributed by atoms with Crippen molar-refractivity contribution in [2.24, 2.45) is 0 Å². The number of anilines is 1. The second-order valence-corrected chi connectivity index (χ2v) is 5.65. The summed E-state index contributed by atoms with van der Waals surface area (Å²) in [7, 11) is 0. The number of rotatable bonds is 7. The fraction of sp³-hybridized carbons (Fsp3) is 0.429. The number of hydrogen-bond donors (Lipinski definition) is 3. The van der Waals surface area contributed by atoms with Crippen molar-refractivity contribution in [1.82, 2.24) is 10.6 Å².